The smallest absolute Gasteiger partial charge is 0.226 e. The van der Waals surface area contributed by atoms with E-state index in [0.717, 1.165) is 18.5 Å². The molecule has 0 unspecified atom stereocenters. The first kappa shape index (κ1) is 13.7. The normalized spacial score (nSPS) is 10.3. The molecule has 1 aromatic rings. The molecule has 0 aliphatic carbocycles. The van der Waals surface area contributed by atoms with Crippen LogP contribution in [0.4, 0.5) is 5.69 Å². The van der Waals surface area contributed by atoms with Crippen LogP contribution in [0.25, 0.3) is 0 Å². The Morgan fingerprint density at radius 1 is 1.24 bits per heavy atom. The highest BCUT2D eigenvalue weighted by atomic mass is 16.2. The summed E-state index contributed by atoms with van der Waals surface area (Å²) in [6, 6.07) is 8.19. The second-order valence-electron chi connectivity index (χ2n) is 4.06. The van der Waals surface area contributed by atoms with Gasteiger partial charge in [0.15, 0.2) is 0 Å². The topological polar surface area (TPSA) is 46.3 Å². The van der Waals surface area contributed by atoms with Gasteiger partial charge in [-0.2, -0.15) is 0 Å². The lowest BCUT2D eigenvalue weighted by Crippen LogP contribution is -2.32. The summed E-state index contributed by atoms with van der Waals surface area (Å²) in [4.78, 5) is 13.7. The van der Waals surface area contributed by atoms with Crippen LogP contribution >= 0.6 is 0 Å². The van der Waals surface area contributed by atoms with Crippen LogP contribution in [0.15, 0.2) is 24.3 Å². The van der Waals surface area contributed by atoms with Crippen LogP contribution in [0.3, 0.4) is 0 Å². The van der Waals surface area contributed by atoms with Gasteiger partial charge in [0.25, 0.3) is 0 Å². The van der Waals surface area contributed by atoms with E-state index in [4.69, 9.17) is 5.73 Å². The first-order valence-electron chi connectivity index (χ1n) is 6.32. The fourth-order valence-corrected chi connectivity index (χ4v) is 1.75. The van der Waals surface area contributed by atoms with Crippen LogP contribution in [-0.4, -0.2) is 19.0 Å². The lowest BCUT2D eigenvalue weighted by Gasteiger charge is -2.22. The summed E-state index contributed by atoms with van der Waals surface area (Å²) in [7, 11) is 0. The summed E-state index contributed by atoms with van der Waals surface area (Å²) < 4.78 is 0. The Balaban J connectivity index is 2.83. The third kappa shape index (κ3) is 3.86. The van der Waals surface area contributed by atoms with E-state index in [1.165, 1.54) is 5.56 Å². The number of carbonyl (C=O) groups is 1. The van der Waals surface area contributed by atoms with E-state index in [0.29, 0.717) is 19.5 Å². The van der Waals surface area contributed by atoms with E-state index in [-0.39, 0.29) is 5.91 Å². The average Bonchev–Trinajstić information content (AvgIpc) is 2.39. The molecule has 2 N–H and O–H groups in total. The van der Waals surface area contributed by atoms with E-state index in [1.807, 2.05) is 24.0 Å². The van der Waals surface area contributed by atoms with Gasteiger partial charge in [0.05, 0.1) is 0 Å². The molecule has 3 heteroatoms. The van der Waals surface area contributed by atoms with Crippen LogP contribution in [0, 0.1) is 0 Å². The minimum atomic E-state index is 0.155. The maximum atomic E-state index is 11.9. The number of hydrogen-bond acceptors (Lipinski definition) is 2. The molecule has 0 fully saturated rings. The van der Waals surface area contributed by atoms with Crippen LogP contribution in [-0.2, 0) is 11.2 Å². The van der Waals surface area contributed by atoms with Crippen molar-refractivity contribution in [3.8, 4) is 0 Å². The third-order valence-corrected chi connectivity index (χ3v) is 2.85. The fourth-order valence-electron chi connectivity index (χ4n) is 1.75. The Labute approximate surface area is 104 Å². The molecule has 0 saturated carbocycles. The predicted molar refractivity (Wildman–Crippen MR) is 72.1 cm³/mol. The summed E-state index contributed by atoms with van der Waals surface area (Å²) >= 11 is 0. The van der Waals surface area contributed by atoms with E-state index < -0.39 is 0 Å². The quantitative estimate of drug-likeness (QED) is 0.821. The number of amides is 1. The van der Waals surface area contributed by atoms with E-state index in [9.17, 15) is 4.79 Å². The van der Waals surface area contributed by atoms with Crippen molar-refractivity contribution in [1.82, 2.24) is 0 Å². The lowest BCUT2D eigenvalue weighted by atomic mass is 10.1. The van der Waals surface area contributed by atoms with Crippen molar-refractivity contribution in [2.45, 2.75) is 33.1 Å². The second kappa shape index (κ2) is 7.07. The number of aryl methyl sites for hydroxylation is 1. The van der Waals surface area contributed by atoms with Gasteiger partial charge in [-0.1, -0.05) is 26.0 Å². The van der Waals surface area contributed by atoms with Gasteiger partial charge in [0.1, 0.15) is 0 Å². The van der Waals surface area contributed by atoms with Gasteiger partial charge in [-0.15, -0.1) is 0 Å². The standard InChI is InChI=1S/C14H22N2O/c1-3-12-6-8-13(9-7-12)16(11-5-10-15)14(17)4-2/h6-9H,3-5,10-11,15H2,1-2H3. The second-order valence-corrected chi connectivity index (χ2v) is 4.06. The Kier molecular flexibility index (Phi) is 5.70. The van der Waals surface area contributed by atoms with Crippen molar-refractivity contribution < 1.29 is 4.79 Å². The molecule has 0 atom stereocenters. The van der Waals surface area contributed by atoms with E-state index >= 15 is 0 Å². The van der Waals surface area contributed by atoms with Crippen LogP contribution in [0.2, 0.25) is 0 Å². The number of hydrogen-bond donors (Lipinski definition) is 1. The molecule has 1 amide bonds. The summed E-state index contributed by atoms with van der Waals surface area (Å²) in [6.07, 6.45) is 2.38. The molecule has 0 aliphatic heterocycles. The molecular weight excluding hydrogens is 212 g/mol. The number of carbonyl (C=O) groups excluding carboxylic acids is 1. The SMILES string of the molecule is CCC(=O)N(CCCN)c1ccc(CC)cc1. The number of nitrogens with zero attached hydrogens (tertiary/aromatic N) is 1. The van der Waals surface area contributed by atoms with Gasteiger partial charge in [0, 0.05) is 18.7 Å². The average molecular weight is 234 g/mol. The molecule has 1 rings (SSSR count). The zero-order chi connectivity index (χ0) is 12.7. The van der Waals surface area contributed by atoms with Crippen molar-refractivity contribution in [3.05, 3.63) is 29.8 Å². The van der Waals surface area contributed by atoms with Gasteiger partial charge in [-0.25, -0.2) is 0 Å². The minimum absolute atomic E-state index is 0.155. The highest BCUT2D eigenvalue weighted by Crippen LogP contribution is 2.17. The predicted octanol–water partition coefficient (Wildman–Crippen LogP) is 2.34. The maximum absolute atomic E-state index is 11.9. The van der Waals surface area contributed by atoms with Gasteiger partial charge in [0.2, 0.25) is 5.91 Å². The summed E-state index contributed by atoms with van der Waals surface area (Å²) in [5.74, 6) is 0.155. The molecule has 3 nitrogen and oxygen atoms in total. The monoisotopic (exact) mass is 234 g/mol. The Morgan fingerprint density at radius 3 is 2.35 bits per heavy atom. The maximum Gasteiger partial charge on any atom is 0.226 e. The molecule has 0 radical (unpaired) electrons. The van der Waals surface area contributed by atoms with Crippen molar-refractivity contribution in [3.63, 3.8) is 0 Å². The van der Waals surface area contributed by atoms with Gasteiger partial charge in [-0.3, -0.25) is 4.79 Å². The van der Waals surface area contributed by atoms with Crippen LogP contribution in [0.1, 0.15) is 32.3 Å². The zero-order valence-electron chi connectivity index (χ0n) is 10.8. The van der Waals surface area contributed by atoms with E-state index in [1.54, 1.807) is 0 Å². The molecule has 94 valence electrons. The highest BCUT2D eigenvalue weighted by molar-refractivity contribution is 5.93. The number of anilines is 1. The Hall–Kier alpha value is -1.35. The lowest BCUT2D eigenvalue weighted by molar-refractivity contribution is -0.118. The molecule has 0 bridgehead atoms. The fraction of sp³-hybridized carbons (Fsp3) is 0.500. The molecule has 0 heterocycles. The Morgan fingerprint density at radius 2 is 1.88 bits per heavy atom. The first-order chi connectivity index (χ1) is 8.22. The molecule has 0 aromatic heterocycles. The summed E-state index contributed by atoms with van der Waals surface area (Å²) in [6.45, 7) is 5.33. The minimum Gasteiger partial charge on any atom is -0.330 e. The molecule has 17 heavy (non-hydrogen) atoms. The van der Waals surface area contributed by atoms with Gasteiger partial charge in [-0.05, 0) is 37.1 Å². The number of nitrogens with two attached hydrogens (primary N) is 1. The van der Waals surface area contributed by atoms with E-state index in [2.05, 4.69) is 19.1 Å². The van der Waals surface area contributed by atoms with Crippen LogP contribution < -0.4 is 10.6 Å². The summed E-state index contributed by atoms with van der Waals surface area (Å²) in [5.41, 5.74) is 7.77. The third-order valence-electron chi connectivity index (χ3n) is 2.85. The molecular formula is C14H22N2O. The molecule has 0 aliphatic rings. The number of rotatable bonds is 6. The molecule has 0 spiro atoms. The van der Waals surface area contributed by atoms with Crippen molar-refractivity contribution in [2.75, 3.05) is 18.0 Å². The largest absolute Gasteiger partial charge is 0.330 e. The highest BCUT2D eigenvalue weighted by Gasteiger charge is 2.12. The first-order valence-corrected chi connectivity index (χ1v) is 6.32. The van der Waals surface area contributed by atoms with Crippen LogP contribution in [0.5, 0.6) is 0 Å². The van der Waals surface area contributed by atoms with Gasteiger partial charge >= 0.3 is 0 Å². The number of benzene rings is 1. The Bertz CT molecular complexity index is 346. The molecule has 1 aromatic carbocycles. The zero-order valence-corrected chi connectivity index (χ0v) is 10.8. The van der Waals surface area contributed by atoms with Crippen molar-refractivity contribution >= 4 is 11.6 Å². The van der Waals surface area contributed by atoms with Gasteiger partial charge < -0.3 is 10.6 Å². The summed E-state index contributed by atoms with van der Waals surface area (Å²) in [5, 5.41) is 0. The molecule has 0 saturated heterocycles. The van der Waals surface area contributed by atoms with Crippen molar-refractivity contribution in [2.24, 2.45) is 5.73 Å². The van der Waals surface area contributed by atoms with Crippen molar-refractivity contribution in [1.29, 1.82) is 0 Å².